The highest BCUT2D eigenvalue weighted by Crippen LogP contribution is 2.29. The molecule has 1 aromatic heterocycles. The van der Waals surface area contributed by atoms with Crippen molar-refractivity contribution in [3.63, 3.8) is 0 Å². The third-order valence-corrected chi connectivity index (χ3v) is 3.82. The number of aromatic nitrogens is 4. The molecule has 1 fully saturated rings. The van der Waals surface area contributed by atoms with E-state index in [-0.39, 0.29) is 6.10 Å². The average Bonchev–Trinajstić information content (AvgIpc) is 2.94. The van der Waals surface area contributed by atoms with E-state index in [1.54, 1.807) is 0 Å². The van der Waals surface area contributed by atoms with Crippen molar-refractivity contribution in [2.24, 2.45) is 0 Å². The number of halogens is 3. The maximum absolute atomic E-state index is 12.6. The zero-order valence-corrected chi connectivity index (χ0v) is 12.2. The Balaban J connectivity index is 1.78. The van der Waals surface area contributed by atoms with E-state index in [0.29, 0.717) is 24.6 Å². The molecule has 1 atom stereocenters. The van der Waals surface area contributed by atoms with Gasteiger partial charge >= 0.3 is 6.18 Å². The normalized spacial score (nSPS) is 19.9. The van der Waals surface area contributed by atoms with Crippen molar-refractivity contribution in [1.82, 2.24) is 25.1 Å². The van der Waals surface area contributed by atoms with Crippen LogP contribution >= 0.6 is 0 Å². The molecule has 1 unspecified atom stereocenters. The molecule has 2 heterocycles. The fourth-order valence-electron chi connectivity index (χ4n) is 2.67. The second-order valence-electron chi connectivity index (χ2n) is 5.58. The first kappa shape index (κ1) is 15.9. The number of nitrogens with zero attached hydrogens (tertiary/aromatic N) is 5. The number of aliphatic hydroxyl groups excluding tert-OH is 1. The zero-order valence-electron chi connectivity index (χ0n) is 12.2. The van der Waals surface area contributed by atoms with E-state index in [4.69, 9.17) is 0 Å². The first-order chi connectivity index (χ1) is 10.9. The van der Waals surface area contributed by atoms with Crippen molar-refractivity contribution in [2.75, 3.05) is 13.1 Å². The lowest BCUT2D eigenvalue weighted by Gasteiger charge is -2.29. The van der Waals surface area contributed by atoms with Crippen LogP contribution in [0.3, 0.4) is 0 Å². The highest BCUT2D eigenvalue weighted by molar-refractivity contribution is 5.35. The van der Waals surface area contributed by atoms with E-state index >= 15 is 0 Å². The minimum absolute atomic E-state index is 0.362. The number of hydrogen-bond donors (Lipinski definition) is 1. The van der Waals surface area contributed by atoms with Gasteiger partial charge in [-0.15, -0.1) is 5.10 Å². The number of benzene rings is 1. The molecule has 0 radical (unpaired) electrons. The van der Waals surface area contributed by atoms with Crippen LogP contribution in [0.15, 0.2) is 24.3 Å². The lowest BCUT2D eigenvalue weighted by atomic mass is 10.1. The molecule has 0 spiro atoms. The minimum Gasteiger partial charge on any atom is -0.392 e. The Hall–Kier alpha value is -2.00. The van der Waals surface area contributed by atoms with Crippen LogP contribution in [0.4, 0.5) is 13.2 Å². The van der Waals surface area contributed by atoms with Crippen LogP contribution in [0.1, 0.15) is 24.2 Å². The average molecular weight is 327 g/mol. The third kappa shape index (κ3) is 3.67. The highest BCUT2D eigenvalue weighted by Gasteiger charge is 2.30. The van der Waals surface area contributed by atoms with Gasteiger partial charge in [-0.05, 0) is 54.1 Å². The van der Waals surface area contributed by atoms with Crippen LogP contribution in [0, 0.1) is 0 Å². The molecule has 3 rings (SSSR count). The SMILES string of the molecule is OC1CCCN(Cc2nnnn2-c2ccc(C(F)(F)F)cc2)C1. The molecule has 9 heteroatoms. The number of tetrazole rings is 1. The molecule has 23 heavy (non-hydrogen) atoms. The molecular weight excluding hydrogens is 311 g/mol. The van der Waals surface area contributed by atoms with E-state index in [2.05, 4.69) is 15.5 Å². The number of likely N-dealkylation sites (tertiary alicyclic amines) is 1. The predicted octanol–water partition coefficient (Wildman–Crippen LogP) is 1.64. The van der Waals surface area contributed by atoms with E-state index < -0.39 is 11.7 Å². The fraction of sp³-hybridized carbons (Fsp3) is 0.500. The van der Waals surface area contributed by atoms with Crippen LogP contribution in [0.2, 0.25) is 0 Å². The largest absolute Gasteiger partial charge is 0.416 e. The Kier molecular flexibility index (Phi) is 4.31. The molecule has 1 aliphatic heterocycles. The Morgan fingerprint density at radius 1 is 1.22 bits per heavy atom. The second kappa shape index (κ2) is 6.25. The summed E-state index contributed by atoms with van der Waals surface area (Å²) in [6, 6.07) is 4.69. The standard InChI is InChI=1S/C14H16F3N5O/c15-14(16,17)10-3-5-11(6-4-10)22-13(18-19-20-22)9-21-7-1-2-12(23)8-21/h3-6,12,23H,1-2,7-9H2. The molecule has 0 saturated carbocycles. The zero-order chi connectivity index (χ0) is 16.4. The van der Waals surface area contributed by atoms with Crippen molar-refractivity contribution >= 4 is 0 Å². The van der Waals surface area contributed by atoms with Crippen LogP contribution in [-0.2, 0) is 12.7 Å². The van der Waals surface area contributed by atoms with Gasteiger partial charge in [-0.2, -0.15) is 17.9 Å². The van der Waals surface area contributed by atoms with Crippen molar-refractivity contribution in [1.29, 1.82) is 0 Å². The van der Waals surface area contributed by atoms with E-state index in [1.165, 1.54) is 16.8 Å². The summed E-state index contributed by atoms with van der Waals surface area (Å²) < 4.78 is 39.2. The summed E-state index contributed by atoms with van der Waals surface area (Å²) >= 11 is 0. The van der Waals surface area contributed by atoms with Crippen molar-refractivity contribution in [3.8, 4) is 5.69 Å². The van der Waals surface area contributed by atoms with E-state index in [1.807, 2.05) is 4.90 Å². The summed E-state index contributed by atoms with van der Waals surface area (Å²) in [5.74, 6) is 0.527. The van der Waals surface area contributed by atoms with Crippen LogP contribution in [0.25, 0.3) is 5.69 Å². The van der Waals surface area contributed by atoms with Gasteiger partial charge in [0, 0.05) is 6.54 Å². The van der Waals surface area contributed by atoms with Gasteiger partial charge in [0.15, 0.2) is 5.82 Å². The third-order valence-electron chi connectivity index (χ3n) is 3.82. The van der Waals surface area contributed by atoms with Crippen LogP contribution in [-0.4, -0.2) is 49.4 Å². The number of alkyl halides is 3. The van der Waals surface area contributed by atoms with E-state index in [0.717, 1.165) is 31.5 Å². The number of aliphatic hydroxyl groups is 1. The Morgan fingerprint density at radius 3 is 2.61 bits per heavy atom. The molecule has 1 aliphatic rings. The number of rotatable bonds is 3. The molecule has 0 aliphatic carbocycles. The van der Waals surface area contributed by atoms with Gasteiger partial charge in [-0.1, -0.05) is 0 Å². The number of piperidine rings is 1. The molecule has 1 N–H and O–H groups in total. The monoisotopic (exact) mass is 327 g/mol. The molecule has 2 aromatic rings. The van der Waals surface area contributed by atoms with Crippen molar-refractivity contribution in [3.05, 3.63) is 35.7 Å². The summed E-state index contributed by atoms with van der Waals surface area (Å²) in [6.45, 7) is 1.81. The topological polar surface area (TPSA) is 67.1 Å². The summed E-state index contributed by atoms with van der Waals surface area (Å²) in [5, 5.41) is 21.1. The van der Waals surface area contributed by atoms with Gasteiger partial charge in [-0.25, -0.2) is 0 Å². The van der Waals surface area contributed by atoms with Gasteiger partial charge < -0.3 is 5.11 Å². The van der Waals surface area contributed by atoms with Gasteiger partial charge in [0.05, 0.1) is 23.9 Å². The van der Waals surface area contributed by atoms with Gasteiger partial charge in [-0.3, -0.25) is 4.90 Å². The van der Waals surface area contributed by atoms with Gasteiger partial charge in [0.25, 0.3) is 0 Å². The maximum Gasteiger partial charge on any atom is 0.416 e. The molecule has 1 aromatic carbocycles. The Morgan fingerprint density at radius 2 is 1.96 bits per heavy atom. The molecular formula is C14H16F3N5O. The fourth-order valence-corrected chi connectivity index (χ4v) is 2.67. The lowest BCUT2D eigenvalue weighted by Crippen LogP contribution is -2.38. The number of hydrogen-bond acceptors (Lipinski definition) is 5. The summed E-state index contributed by atoms with van der Waals surface area (Å²) in [5.41, 5.74) is -0.245. The molecule has 1 saturated heterocycles. The Bertz CT molecular complexity index is 655. The Labute approximate surface area is 130 Å². The molecule has 0 amide bonds. The number of β-amino-alcohol motifs (C(OH)–C–C–N with tert-alkyl or cyclic N) is 1. The summed E-state index contributed by atoms with van der Waals surface area (Å²) in [6.07, 6.45) is -3.06. The molecule has 124 valence electrons. The van der Waals surface area contributed by atoms with Crippen molar-refractivity contribution in [2.45, 2.75) is 31.7 Å². The highest BCUT2D eigenvalue weighted by atomic mass is 19.4. The second-order valence-corrected chi connectivity index (χ2v) is 5.58. The van der Waals surface area contributed by atoms with E-state index in [9.17, 15) is 18.3 Å². The van der Waals surface area contributed by atoms with Gasteiger partial charge in [0.2, 0.25) is 0 Å². The van der Waals surface area contributed by atoms with Crippen LogP contribution in [0.5, 0.6) is 0 Å². The predicted molar refractivity (Wildman–Crippen MR) is 74.7 cm³/mol. The molecule has 6 nitrogen and oxygen atoms in total. The maximum atomic E-state index is 12.6. The quantitative estimate of drug-likeness (QED) is 0.928. The van der Waals surface area contributed by atoms with Gasteiger partial charge in [0.1, 0.15) is 0 Å². The summed E-state index contributed by atoms with van der Waals surface area (Å²) in [4.78, 5) is 2.03. The first-order valence-corrected chi connectivity index (χ1v) is 7.29. The minimum atomic E-state index is -4.37. The smallest absolute Gasteiger partial charge is 0.392 e. The lowest BCUT2D eigenvalue weighted by molar-refractivity contribution is -0.137. The summed E-state index contributed by atoms with van der Waals surface area (Å²) in [7, 11) is 0. The first-order valence-electron chi connectivity index (χ1n) is 7.29. The van der Waals surface area contributed by atoms with Crippen molar-refractivity contribution < 1.29 is 18.3 Å². The molecule has 0 bridgehead atoms. The van der Waals surface area contributed by atoms with Crippen LogP contribution < -0.4 is 0 Å².